The van der Waals surface area contributed by atoms with Crippen molar-refractivity contribution in [3.8, 4) is 0 Å². The number of fused-ring (bicyclic) bond motifs is 2. The Balaban J connectivity index is 1.69. The van der Waals surface area contributed by atoms with Crippen LogP contribution in [0, 0.1) is 0 Å². The number of likely N-dealkylation sites (N-methyl/N-ethyl adjacent to an activating group) is 1. The molecule has 0 saturated heterocycles. The van der Waals surface area contributed by atoms with Gasteiger partial charge < -0.3 is 14.0 Å². The van der Waals surface area contributed by atoms with Crippen molar-refractivity contribution in [1.29, 1.82) is 0 Å². The van der Waals surface area contributed by atoms with Crippen LogP contribution in [0.4, 0.5) is 0 Å². The molecule has 0 unspecified atom stereocenters. The number of nitrogens with one attached hydrogen (secondary N) is 1. The number of para-hydroxylation sites is 2. The number of imide groups is 1. The van der Waals surface area contributed by atoms with E-state index in [-0.39, 0.29) is 11.8 Å². The van der Waals surface area contributed by atoms with Gasteiger partial charge in [-0.2, -0.15) is 0 Å². The molecule has 162 valence electrons. The normalized spacial score (nSPS) is 14.3. The number of benzene rings is 2. The summed E-state index contributed by atoms with van der Waals surface area (Å²) in [4.78, 5) is 28.3. The maximum Gasteiger partial charge on any atom is 0.275 e. The molecule has 0 saturated carbocycles. The van der Waals surface area contributed by atoms with Crippen LogP contribution in [-0.2, 0) is 16.1 Å². The van der Waals surface area contributed by atoms with Crippen molar-refractivity contribution >= 4 is 44.9 Å². The number of aromatic nitrogens is 2. The molecular weight excluding hydrogens is 400 g/mol. The molecule has 3 heterocycles. The van der Waals surface area contributed by atoms with E-state index in [1.807, 2.05) is 65.5 Å². The van der Waals surface area contributed by atoms with Gasteiger partial charge in [0.15, 0.2) is 0 Å². The van der Waals surface area contributed by atoms with E-state index in [1.165, 1.54) is 0 Å². The molecule has 0 aliphatic carbocycles. The second-order valence-corrected chi connectivity index (χ2v) is 8.03. The SMILES string of the molecule is CCN(CC)CCn1cc(C2=C(n3ccc4ccccc43)C(=O)NC2=O)c2ccccc21. The Morgan fingerprint density at radius 2 is 1.59 bits per heavy atom. The zero-order valence-corrected chi connectivity index (χ0v) is 18.3. The highest BCUT2D eigenvalue weighted by Gasteiger charge is 2.34. The summed E-state index contributed by atoms with van der Waals surface area (Å²) in [5, 5.41) is 4.52. The molecule has 2 aromatic heterocycles. The van der Waals surface area contributed by atoms with Gasteiger partial charge in [0.05, 0.1) is 11.1 Å². The second-order valence-electron chi connectivity index (χ2n) is 8.03. The Morgan fingerprint density at radius 3 is 2.38 bits per heavy atom. The van der Waals surface area contributed by atoms with Gasteiger partial charge in [-0.25, -0.2) is 0 Å². The standard InChI is InChI=1S/C26H26N4O2/c1-3-28(4-2)15-16-29-17-20(19-10-6-8-12-22(19)29)23-24(26(32)27-25(23)31)30-14-13-18-9-5-7-11-21(18)30/h5-14,17H,3-4,15-16H2,1-2H3,(H,27,31,32). The summed E-state index contributed by atoms with van der Waals surface area (Å²) in [6.07, 6.45) is 3.88. The van der Waals surface area contributed by atoms with Crippen LogP contribution < -0.4 is 5.32 Å². The molecule has 4 aromatic rings. The molecule has 6 heteroatoms. The van der Waals surface area contributed by atoms with E-state index in [0.29, 0.717) is 11.3 Å². The van der Waals surface area contributed by atoms with Gasteiger partial charge in [-0.05, 0) is 36.7 Å². The average molecular weight is 427 g/mol. The van der Waals surface area contributed by atoms with Gasteiger partial charge >= 0.3 is 0 Å². The summed E-state index contributed by atoms with van der Waals surface area (Å²) in [6, 6.07) is 17.9. The molecule has 2 amide bonds. The van der Waals surface area contributed by atoms with E-state index in [4.69, 9.17) is 0 Å². The van der Waals surface area contributed by atoms with E-state index in [0.717, 1.165) is 53.5 Å². The largest absolute Gasteiger partial charge is 0.346 e. The van der Waals surface area contributed by atoms with Crippen LogP contribution >= 0.6 is 0 Å². The predicted octanol–water partition coefficient (Wildman–Crippen LogP) is 3.96. The van der Waals surface area contributed by atoms with Gasteiger partial charge in [-0.15, -0.1) is 0 Å². The molecule has 0 bridgehead atoms. The molecular formula is C26H26N4O2. The van der Waals surface area contributed by atoms with Crippen LogP contribution in [0.1, 0.15) is 19.4 Å². The summed E-state index contributed by atoms with van der Waals surface area (Å²) >= 11 is 0. The van der Waals surface area contributed by atoms with Crippen LogP contribution in [0.15, 0.2) is 67.0 Å². The number of rotatable bonds is 7. The van der Waals surface area contributed by atoms with Crippen molar-refractivity contribution in [2.75, 3.05) is 19.6 Å². The van der Waals surface area contributed by atoms with E-state index < -0.39 is 0 Å². The van der Waals surface area contributed by atoms with Gasteiger partial charge in [-0.3, -0.25) is 14.9 Å². The zero-order chi connectivity index (χ0) is 22.2. The van der Waals surface area contributed by atoms with Crippen molar-refractivity contribution in [1.82, 2.24) is 19.4 Å². The first-order valence-corrected chi connectivity index (χ1v) is 11.1. The lowest BCUT2D eigenvalue weighted by atomic mass is 10.0. The molecule has 1 aliphatic heterocycles. The maximum absolute atomic E-state index is 13.0. The lowest BCUT2D eigenvalue weighted by molar-refractivity contribution is -0.122. The third-order valence-corrected chi connectivity index (χ3v) is 6.36. The Morgan fingerprint density at radius 1 is 0.875 bits per heavy atom. The quantitative estimate of drug-likeness (QED) is 0.455. The minimum Gasteiger partial charge on any atom is -0.346 e. The Kier molecular flexibility index (Phi) is 5.15. The molecule has 1 aliphatic rings. The highest BCUT2D eigenvalue weighted by Crippen LogP contribution is 2.35. The summed E-state index contributed by atoms with van der Waals surface area (Å²) in [6.45, 7) is 8.05. The van der Waals surface area contributed by atoms with Gasteiger partial charge in [0, 0.05) is 41.9 Å². The van der Waals surface area contributed by atoms with E-state index in [9.17, 15) is 9.59 Å². The first-order valence-electron chi connectivity index (χ1n) is 11.1. The summed E-state index contributed by atoms with van der Waals surface area (Å²) < 4.78 is 4.02. The van der Waals surface area contributed by atoms with Crippen molar-refractivity contribution in [3.05, 3.63) is 72.6 Å². The lowest BCUT2D eigenvalue weighted by Crippen LogP contribution is -2.26. The number of amides is 2. The Bertz CT molecular complexity index is 1370. The molecule has 6 nitrogen and oxygen atoms in total. The Labute approximate surface area is 186 Å². The van der Waals surface area contributed by atoms with Crippen molar-refractivity contribution in [3.63, 3.8) is 0 Å². The van der Waals surface area contributed by atoms with Gasteiger partial charge in [0.1, 0.15) is 5.70 Å². The smallest absolute Gasteiger partial charge is 0.275 e. The number of nitrogens with zero attached hydrogens (tertiary/aromatic N) is 3. The highest BCUT2D eigenvalue weighted by atomic mass is 16.2. The Hall–Kier alpha value is -3.64. The minimum absolute atomic E-state index is 0.352. The number of hydrogen-bond donors (Lipinski definition) is 1. The molecule has 0 fully saturated rings. The van der Waals surface area contributed by atoms with E-state index >= 15 is 0 Å². The van der Waals surface area contributed by atoms with Crippen LogP contribution in [0.5, 0.6) is 0 Å². The molecule has 0 spiro atoms. The first kappa shape index (κ1) is 20.3. The van der Waals surface area contributed by atoms with Gasteiger partial charge in [0.2, 0.25) is 0 Å². The molecule has 32 heavy (non-hydrogen) atoms. The minimum atomic E-state index is -0.369. The van der Waals surface area contributed by atoms with Crippen molar-refractivity contribution in [2.45, 2.75) is 20.4 Å². The third kappa shape index (κ3) is 3.24. The van der Waals surface area contributed by atoms with E-state index in [2.05, 4.69) is 34.7 Å². The summed E-state index contributed by atoms with van der Waals surface area (Å²) in [5.74, 6) is -0.722. The maximum atomic E-state index is 13.0. The van der Waals surface area contributed by atoms with Crippen molar-refractivity contribution < 1.29 is 9.59 Å². The van der Waals surface area contributed by atoms with Crippen LogP contribution in [0.25, 0.3) is 33.1 Å². The fourth-order valence-corrected chi connectivity index (χ4v) is 4.62. The zero-order valence-electron chi connectivity index (χ0n) is 18.3. The fourth-order valence-electron chi connectivity index (χ4n) is 4.62. The number of carbonyl (C=O) groups excluding carboxylic acids is 2. The molecule has 0 atom stereocenters. The topological polar surface area (TPSA) is 59.3 Å². The highest BCUT2D eigenvalue weighted by molar-refractivity contribution is 6.47. The molecule has 1 N–H and O–H groups in total. The average Bonchev–Trinajstić information content (AvgIpc) is 3.47. The molecule has 2 aromatic carbocycles. The monoisotopic (exact) mass is 426 g/mol. The molecule has 0 radical (unpaired) electrons. The lowest BCUT2D eigenvalue weighted by Gasteiger charge is -2.18. The fraction of sp³-hybridized carbons (Fsp3) is 0.231. The van der Waals surface area contributed by atoms with Gasteiger partial charge in [0.25, 0.3) is 11.8 Å². The van der Waals surface area contributed by atoms with Crippen molar-refractivity contribution in [2.24, 2.45) is 0 Å². The number of hydrogen-bond acceptors (Lipinski definition) is 3. The summed E-state index contributed by atoms with van der Waals surface area (Å²) in [5.41, 5.74) is 3.55. The predicted molar refractivity (Wildman–Crippen MR) is 128 cm³/mol. The molecule has 5 rings (SSSR count). The third-order valence-electron chi connectivity index (χ3n) is 6.36. The van der Waals surface area contributed by atoms with Crippen LogP contribution in [0.2, 0.25) is 0 Å². The van der Waals surface area contributed by atoms with Crippen LogP contribution in [0.3, 0.4) is 0 Å². The summed E-state index contributed by atoms with van der Waals surface area (Å²) in [7, 11) is 0. The number of carbonyl (C=O) groups is 2. The van der Waals surface area contributed by atoms with Gasteiger partial charge in [-0.1, -0.05) is 50.2 Å². The second kappa shape index (κ2) is 8.13. The van der Waals surface area contributed by atoms with Crippen LogP contribution in [-0.4, -0.2) is 45.5 Å². The first-order chi connectivity index (χ1) is 15.6. The van der Waals surface area contributed by atoms with E-state index in [1.54, 1.807) is 0 Å².